The lowest BCUT2D eigenvalue weighted by atomic mass is 9.98. The molecule has 70 valence electrons. The monoisotopic (exact) mass is 179 g/mol. The normalized spacial score (nSPS) is 21.2. The van der Waals surface area contributed by atoms with Crippen LogP contribution in [0.3, 0.4) is 0 Å². The highest BCUT2D eigenvalue weighted by atomic mass is 16.1. The molecule has 0 radical (unpaired) electrons. The van der Waals surface area contributed by atoms with Crippen LogP contribution in [0.25, 0.3) is 0 Å². The molecular weight excluding hydrogens is 166 g/mol. The molecule has 0 aromatic carbocycles. The van der Waals surface area contributed by atoms with Gasteiger partial charge < -0.3 is 5.32 Å². The average molecular weight is 179 g/mol. The Morgan fingerprint density at radius 2 is 2.31 bits per heavy atom. The Labute approximate surface area is 76.9 Å². The predicted octanol–water partition coefficient (Wildman–Crippen LogP) is 0.973. The van der Waals surface area contributed by atoms with Gasteiger partial charge in [-0.2, -0.15) is 5.10 Å². The van der Waals surface area contributed by atoms with E-state index >= 15 is 0 Å². The van der Waals surface area contributed by atoms with E-state index in [0.717, 1.165) is 23.6 Å². The molecule has 1 aliphatic heterocycles. The smallest absolute Gasteiger partial charge is 0.187 e. The Balaban J connectivity index is 2.59. The fraction of sp³-hybridized carbons (Fsp3) is 0.556. The van der Waals surface area contributed by atoms with E-state index in [2.05, 4.69) is 10.4 Å². The molecule has 13 heavy (non-hydrogen) atoms. The molecule has 1 atom stereocenters. The molecule has 1 unspecified atom stereocenters. The minimum absolute atomic E-state index is 0.0577. The first-order chi connectivity index (χ1) is 6.11. The lowest BCUT2D eigenvalue weighted by molar-refractivity contribution is 0.0922. The number of fused-ring (bicyclic) bond motifs is 1. The first-order valence-corrected chi connectivity index (χ1v) is 4.43. The minimum atomic E-state index is 0.0577. The van der Waals surface area contributed by atoms with E-state index in [1.165, 1.54) is 0 Å². The molecule has 0 bridgehead atoms. The van der Waals surface area contributed by atoms with Crippen molar-refractivity contribution < 1.29 is 4.79 Å². The van der Waals surface area contributed by atoms with Crippen molar-refractivity contribution >= 4 is 11.5 Å². The van der Waals surface area contributed by atoms with E-state index in [1.807, 2.05) is 20.9 Å². The van der Waals surface area contributed by atoms with Gasteiger partial charge in [0.2, 0.25) is 0 Å². The van der Waals surface area contributed by atoms with Crippen LogP contribution in [-0.4, -0.2) is 22.1 Å². The highest BCUT2D eigenvalue weighted by molar-refractivity contribution is 6.03. The van der Waals surface area contributed by atoms with Crippen molar-refractivity contribution in [1.29, 1.82) is 0 Å². The Hall–Kier alpha value is -1.32. The summed E-state index contributed by atoms with van der Waals surface area (Å²) in [5, 5.41) is 7.44. The molecule has 1 aliphatic rings. The van der Waals surface area contributed by atoms with Crippen LogP contribution in [0.1, 0.15) is 23.1 Å². The number of hydrogen-bond donors (Lipinski definition) is 1. The van der Waals surface area contributed by atoms with Gasteiger partial charge in [-0.15, -0.1) is 0 Å². The molecule has 4 heteroatoms. The Morgan fingerprint density at radius 1 is 1.62 bits per heavy atom. The average Bonchev–Trinajstić information content (AvgIpc) is 2.35. The molecule has 0 amide bonds. The second kappa shape index (κ2) is 2.58. The maximum atomic E-state index is 11.7. The van der Waals surface area contributed by atoms with Crippen LogP contribution in [-0.2, 0) is 7.05 Å². The molecule has 0 saturated heterocycles. The highest BCUT2D eigenvalue weighted by Crippen LogP contribution is 2.26. The highest BCUT2D eigenvalue weighted by Gasteiger charge is 2.28. The summed E-state index contributed by atoms with van der Waals surface area (Å²) in [5.74, 6) is 0.249. The van der Waals surface area contributed by atoms with E-state index in [-0.39, 0.29) is 11.7 Å². The van der Waals surface area contributed by atoms with Crippen molar-refractivity contribution in [3.05, 3.63) is 11.4 Å². The molecule has 2 heterocycles. The zero-order chi connectivity index (χ0) is 9.59. The molecule has 0 fully saturated rings. The van der Waals surface area contributed by atoms with Crippen molar-refractivity contribution in [2.45, 2.75) is 13.8 Å². The summed E-state index contributed by atoms with van der Waals surface area (Å²) in [5.41, 5.74) is 2.53. The van der Waals surface area contributed by atoms with E-state index < -0.39 is 0 Å². The van der Waals surface area contributed by atoms with Gasteiger partial charge in [0.15, 0.2) is 5.78 Å². The topological polar surface area (TPSA) is 46.9 Å². The predicted molar refractivity (Wildman–Crippen MR) is 49.9 cm³/mol. The summed E-state index contributed by atoms with van der Waals surface area (Å²) >= 11 is 0. The van der Waals surface area contributed by atoms with Crippen molar-refractivity contribution in [3.8, 4) is 0 Å². The van der Waals surface area contributed by atoms with Crippen LogP contribution in [0.15, 0.2) is 0 Å². The van der Waals surface area contributed by atoms with E-state index in [9.17, 15) is 4.79 Å². The van der Waals surface area contributed by atoms with E-state index in [4.69, 9.17) is 0 Å². The van der Waals surface area contributed by atoms with Gasteiger partial charge in [-0.1, -0.05) is 6.92 Å². The summed E-state index contributed by atoms with van der Waals surface area (Å²) < 4.78 is 1.66. The van der Waals surface area contributed by atoms with E-state index in [1.54, 1.807) is 4.68 Å². The van der Waals surface area contributed by atoms with Crippen LogP contribution < -0.4 is 5.32 Å². The van der Waals surface area contributed by atoms with E-state index in [0.29, 0.717) is 0 Å². The Bertz CT molecular complexity index is 367. The number of carbonyl (C=O) groups is 1. The van der Waals surface area contributed by atoms with Crippen LogP contribution in [0.5, 0.6) is 0 Å². The van der Waals surface area contributed by atoms with Gasteiger partial charge in [0.1, 0.15) is 5.69 Å². The van der Waals surface area contributed by atoms with Gasteiger partial charge >= 0.3 is 0 Å². The standard InChI is InChI=1S/C9H13N3O/c1-5-4-10-7-6(2)11-12(3)8(7)9(5)13/h5,10H,4H2,1-3H3. The third-order valence-corrected chi connectivity index (χ3v) is 2.49. The van der Waals surface area contributed by atoms with Crippen LogP contribution in [0.2, 0.25) is 0 Å². The maximum absolute atomic E-state index is 11.7. The SMILES string of the molecule is Cc1nn(C)c2c1NCC(C)C2=O. The van der Waals surface area contributed by atoms with Gasteiger partial charge in [-0.05, 0) is 6.92 Å². The van der Waals surface area contributed by atoms with Gasteiger partial charge in [0.05, 0.1) is 11.4 Å². The number of Topliss-reactive ketones (excluding diaryl/α,β-unsaturated/α-hetero) is 1. The molecule has 2 rings (SSSR count). The number of aryl methyl sites for hydroxylation is 2. The molecule has 0 spiro atoms. The second-order valence-corrected chi connectivity index (χ2v) is 3.58. The first kappa shape index (κ1) is 8.29. The van der Waals surface area contributed by atoms with Crippen molar-refractivity contribution in [3.63, 3.8) is 0 Å². The van der Waals surface area contributed by atoms with Gasteiger partial charge in [-0.3, -0.25) is 9.48 Å². The largest absolute Gasteiger partial charge is 0.381 e. The minimum Gasteiger partial charge on any atom is -0.381 e. The molecule has 1 N–H and O–H groups in total. The van der Waals surface area contributed by atoms with Gasteiger partial charge in [0, 0.05) is 19.5 Å². The third kappa shape index (κ3) is 1.05. The summed E-state index contributed by atoms with van der Waals surface area (Å²) in [6, 6.07) is 0. The van der Waals surface area contributed by atoms with Crippen LogP contribution >= 0.6 is 0 Å². The van der Waals surface area contributed by atoms with Crippen molar-refractivity contribution in [2.24, 2.45) is 13.0 Å². The number of nitrogens with one attached hydrogen (secondary N) is 1. The summed E-state index contributed by atoms with van der Waals surface area (Å²) in [6.07, 6.45) is 0. The summed E-state index contributed by atoms with van der Waals surface area (Å²) in [7, 11) is 1.81. The number of ketones is 1. The van der Waals surface area contributed by atoms with Crippen LogP contribution in [0.4, 0.5) is 5.69 Å². The summed E-state index contributed by atoms with van der Waals surface area (Å²) in [4.78, 5) is 11.7. The lowest BCUT2D eigenvalue weighted by Crippen LogP contribution is -2.28. The summed E-state index contributed by atoms with van der Waals surface area (Å²) in [6.45, 7) is 4.56. The molecule has 1 aromatic heterocycles. The zero-order valence-electron chi connectivity index (χ0n) is 8.09. The number of rotatable bonds is 0. The maximum Gasteiger partial charge on any atom is 0.187 e. The first-order valence-electron chi connectivity index (χ1n) is 4.43. The molecule has 0 saturated carbocycles. The zero-order valence-corrected chi connectivity index (χ0v) is 8.09. The number of carbonyl (C=O) groups excluding carboxylic acids is 1. The van der Waals surface area contributed by atoms with Gasteiger partial charge in [-0.25, -0.2) is 0 Å². The van der Waals surface area contributed by atoms with Crippen LogP contribution in [0, 0.1) is 12.8 Å². The van der Waals surface area contributed by atoms with Crippen molar-refractivity contribution in [2.75, 3.05) is 11.9 Å². The molecule has 4 nitrogen and oxygen atoms in total. The quantitative estimate of drug-likeness (QED) is 0.645. The Kier molecular flexibility index (Phi) is 1.65. The number of anilines is 1. The molecule has 1 aromatic rings. The second-order valence-electron chi connectivity index (χ2n) is 3.58. The lowest BCUT2D eigenvalue weighted by Gasteiger charge is -2.19. The number of hydrogen-bond acceptors (Lipinski definition) is 3. The molecular formula is C9H13N3O. The number of nitrogens with zero attached hydrogens (tertiary/aromatic N) is 2. The Morgan fingerprint density at radius 3 is 3.00 bits per heavy atom. The number of aromatic nitrogens is 2. The van der Waals surface area contributed by atoms with Gasteiger partial charge in [0.25, 0.3) is 0 Å². The third-order valence-electron chi connectivity index (χ3n) is 2.49. The fourth-order valence-corrected chi connectivity index (χ4v) is 1.73. The van der Waals surface area contributed by atoms with Crippen molar-refractivity contribution in [1.82, 2.24) is 9.78 Å². The fourth-order valence-electron chi connectivity index (χ4n) is 1.73. The molecule has 0 aliphatic carbocycles.